The number of anilines is 1. The van der Waals surface area contributed by atoms with Gasteiger partial charge < -0.3 is 10.5 Å². The van der Waals surface area contributed by atoms with Crippen LogP contribution in [-0.2, 0) is 4.74 Å². The molecule has 0 aromatic heterocycles. The molecular formula is C14H12ClNO2. The van der Waals surface area contributed by atoms with Crippen molar-refractivity contribution in [2.75, 3.05) is 12.8 Å². The van der Waals surface area contributed by atoms with Crippen molar-refractivity contribution in [1.29, 1.82) is 0 Å². The summed E-state index contributed by atoms with van der Waals surface area (Å²) in [5.74, 6) is -0.410. The highest BCUT2D eigenvalue weighted by atomic mass is 35.5. The quantitative estimate of drug-likeness (QED) is 0.666. The molecule has 0 unspecified atom stereocenters. The van der Waals surface area contributed by atoms with E-state index in [0.29, 0.717) is 16.3 Å². The van der Waals surface area contributed by atoms with E-state index < -0.39 is 5.97 Å². The molecule has 2 aromatic carbocycles. The molecule has 18 heavy (non-hydrogen) atoms. The number of methoxy groups -OCH3 is 1. The third-order valence-electron chi connectivity index (χ3n) is 2.64. The number of hydrogen-bond donors (Lipinski definition) is 1. The van der Waals surface area contributed by atoms with Gasteiger partial charge in [0.25, 0.3) is 0 Å². The third kappa shape index (κ3) is 2.31. The topological polar surface area (TPSA) is 52.3 Å². The molecule has 3 nitrogen and oxygen atoms in total. The normalized spacial score (nSPS) is 10.1. The van der Waals surface area contributed by atoms with E-state index >= 15 is 0 Å². The number of nitrogens with two attached hydrogens (primary N) is 1. The van der Waals surface area contributed by atoms with Crippen LogP contribution in [-0.4, -0.2) is 13.1 Å². The van der Waals surface area contributed by atoms with Crippen LogP contribution in [0.25, 0.3) is 11.1 Å². The number of esters is 1. The Kier molecular flexibility index (Phi) is 3.53. The Morgan fingerprint density at radius 3 is 2.50 bits per heavy atom. The minimum absolute atomic E-state index is 0.410. The fourth-order valence-electron chi connectivity index (χ4n) is 1.73. The van der Waals surface area contributed by atoms with Gasteiger partial charge in [0.1, 0.15) is 0 Å². The Hall–Kier alpha value is -2.00. The zero-order valence-electron chi connectivity index (χ0n) is 9.81. The van der Waals surface area contributed by atoms with Crippen LogP contribution >= 0.6 is 11.6 Å². The summed E-state index contributed by atoms with van der Waals surface area (Å²) in [6, 6.07) is 12.4. The molecule has 0 saturated carbocycles. The lowest BCUT2D eigenvalue weighted by Gasteiger charge is -2.09. The number of rotatable bonds is 2. The molecule has 0 bridgehead atoms. The maximum atomic E-state index is 11.4. The van der Waals surface area contributed by atoms with E-state index in [1.165, 1.54) is 7.11 Å². The fraction of sp³-hybridized carbons (Fsp3) is 0.0714. The van der Waals surface area contributed by atoms with Crippen molar-refractivity contribution in [3.63, 3.8) is 0 Å². The molecule has 0 aliphatic heterocycles. The predicted octanol–water partition coefficient (Wildman–Crippen LogP) is 3.38. The molecule has 4 heteroatoms. The number of carbonyl (C=O) groups is 1. The Morgan fingerprint density at radius 1 is 1.17 bits per heavy atom. The largest absolute Gasteiger partial charge is 0.465 e. The average Bonchev–Trinajstić information content (AvgIpc) is 2.39. The number of halogens is 1. The highest BCUT2D eigenvalue weighted by Gasteiger charge is 2.10. The molecule has 0 aliphatic carbocycles. The molecule has 0 amide bonds. The van der Waals surface area contributed by atoms with Crippen LogP contribution in [0.4, 0.5) is 5.69 Å². The van der Waals surface area contributed by atoms with Gasteiger partial charge in [-0.05, 0) is 18.2 Å². The van der Waals surface area contributed by atoms with Gasteiger partial charge in [0.05, 0.1) is 12.7 Å². The number of carbonyl (C=O) groups excluding carboxylic acids is 1. The zero-order valence-corrected chi connectivity index (χ0v) is 10.6. The zero-order chi connectivity index (χ0) is 13.1. The first-order chi connectivity index (χ1) is 8.63. The lowest BCUT2D eigenvalue weighted by molar-refractivity contribution is 0.0601. The Labute approximate surface area is 110 Å². The van der Waals surface area contributed by atoms with Crippen molar-refractivity contribution < 1.29 is 9.53 Å². The summed E-state index contributed by atoms with van der Waals surface area (Å²) in [6.07, 6.45) is 0. The van der Waals surface area contributed by atoms with Gasteiger partial charge >= 0.3 is 5.97 Å². The standard InChI is InChI=1S/C14H12ClNO2/c1-18-14(17)9-6-7-11(13(16)8-9)10-4-2-3-5-12(10)15/h2-8H,16H2,1H3. The highest BCUT2D eigenvalue weighted by Crippen LogP contribution is 2.32. The molecule has 2 N–H and O–H groups in total. The molecule has 2 aromatic rings. The molecule has 0 saturated heterocycles. The van der Waals surface area contributed by atoms with Crippen molar-refractivity contribution in [3.8, 4) is 11.1 Å². The van der Waals surface area contributed by atoms with E-state index in [9.17, 15) is 4.79 Å². The maximum Gasteiger partial charge on any atom is 0.337 e. The van der Waals surface area contributed by atoms with Crippen LogP contribution in [0, 0.1) is 0 Å². The molecule has 0 spiro atoms. The van der Waals surface area contributed by atoms with E-state index in [1.54, 1.807) is 24.3 Å². The second-order valence-electron chi connectivity index (χ2n) is 3.77. The molecule has 0 fully saturated rings. The SMILES string of the molecule is COC(=O)c1ccc(-c2ccccc2Cl)c(N)c1. The summed E-state index contributed by atoms with van der Waals surface area (Å²) in [6.45, 7) is 0. The summed E-state index contributed by atoms with van der Waals surface area (Å²) in [7, 11) is 1.33. The van der Waals surface area contributed by atoms with E-state index in [-0.39, 0.29) is 0 Å². The minimum Gasteiger partial charge on any atom is -0.465 e. The van der Waals surface area contributed by atoms with Gasteiger partial charge in [-0.3, -0.25) is 0 Å². The summed E-state index contributed by atoms with van der Waals surface area (Å²) < 4.78 is 4.64. The van der Waals surface area contributed by atoms with Gasteiger partial charge in [-0.25, -0.2) is 4.79 Å². The van der Waals surface area contributed by atoms with Crippen LogP contribution < -0.4 is 5.73 Å². The smallest absolute Gasteiger partial charge is 0.337 e. The molecule has 92 valence electrons. The van der Waals surface area contributed by atoms with Crippen molar-refractivity contribution in [1.82, 2.24) is 0 Å². The monoisotopic (exact) mass is 261 g/mol. The summed E-state index contributed by atoms with van der Waals surface area (Å²) in [5, 5.41) is 0.620. The Balaban J connectivity index is 2.49. The molecule has 0 atom stereocenters. The van der Waals surface area contributed by atoms with Crippen LogP contribution in [0.2, 0.25) is 5.02 Å². The van der Waals surface area contributed by atoms with Gasteiger partial charge in [-0.15, -0.1) is 0 Å². The van der Waals surface area contributed by atoms with Gasteiger partial charge in [-0.2, -0.15) is 0 Å². The van der Waals surface area contributed by atoms with Gasteiger partial charge in [0.2, 0.25) is 0 Å². The number of hydrogen-bond acceptors (Lipinski definition) is 3. The van der Waals surface area contributed by atoms with Crippen molar-refractivity contribution in [3.05, 3.63) is 53.1 Å². The lowest BCUT2D eigenvalue weighted by atomic mass is 10.0. The first-order valence-corrected chi connectivity index (χ1v) is 5.74. The number of ether oxygens (including phenoxy) is 1. The summed E-state index contributed by atoms with van der Waals surface area (Å²) in [5.41, 5.74) is 8.50. The highest BCUT2D eigenvalue weighted by molar-refractivity contribution is 6.33. The van der Waals surface area contributed by atoms with Crippen LogP contribution in [0.5, 0.6) is 0 Å². The van der Waals surface area contributed by atoms with E-state index in [0.717, 1.165) is 11.1 Å². The second-order valence-corrected chi connectivity index (χ2v) is 4.18. The first kappa shape index (κ1) is 12.5. The van der Waals surface area contributed by atoms with Crippen LogP contribution in [0.3, 0.4) is 0 Å². The molecule has 0 radical (unpaired) electrons. The average molecular weight is 262 g/mol. The number of benzene rings is 2. The maximum absolute atomic E-state index is 11.4. The van der Waals surface area contributed by atoms with Crippen molar-refractivity contribution in [2.45, 2.75) is 0 Å². The predicted molar refractivity (Wildman–Crippen MR) is 72.6 cm³/mol. The molecule has 0 heterocycles. The summed E-state index contributed by atoms with van der Waals surface area (Å²) in [4.78, 5) is 11.4. The molecule has 2 rings (SSSR count). The second kappa shape index (κ2) is 5.10. The molecule has 0 aliphatic rings. The first-order valence-electron chi connectivity index (χ1n) is 5.36. The number of nitrogen functional groups attached to an aromatic ring is 1. The summed E-state index contributed by atoms with van der Waals surface area (Å²) >= 11 is 6.11. The Bertz CT molecular complexity index is 596. The fourth-order valence-corrected chi connectivity index (χ4v) is 1.97. The van der Waals surface area contributed by atoms with Crippen LogP contribution in [0.15, 0.2) is 42.5 Å². The Morgan fingerprint density at radius 2 is 1.89 bits per heavy atom. The third-order valence-corrected chi connectivity index (χ3v) is 2.97. The lowest BCUT2D eigenvalue weighted by Crippen LogP contribution is -2.02. The van der Waals surface area contributed by atoms with Gasteiger partial charge in [-0.1, -0.05) is 35.9 Å². The molecular weight excluding hydrogens is 250 g/mol. The van der Waals surface area contributed by atoms with Crippen molar-refractivity contribution in [2.24, 2.45) is 0 Å². The van der Waals surface area contributed by atoms with Crippen LogP contribution in [0.1, 0.15) is 10.4 Å². The van der Waals surface area contributed by atoms with Crippen molar-refractivity contribution >= 4 is 23.3 Å². The van der Waals surface area contributed by atoms with E-state index in [1.807, 2.05) is 18.2 Å². The van der Waals surface area contributed by atoms with E-state index in [4.69, 9.17) is 17.3 Å². The minimum atomic E-state index is -0.410. The van der Waals surface area contributed by atoms with E-state index in [2.05, 4.69) is 4.74 Å². The van der Waals surface area contributed by atoms with Gasteiger partial charge in [0.15, 0.2) is 0 Å². The van der Waals surface area contributed by atoms with Gasteiger partial charge in [0, 0.05) is 21.8 Å².